The van der Waals surface area contributed by atoms with Gasteiger partial charge in [-0.2, -0.15) is 0 Å². The quantitative estimate of drug-likeness (QED) is 0.703. The van der Waals surface area contributed by atoms with Gasteiger partial charge in [0, 0.05) is 12.3 Å². The van der Waals surface area contributed by atoms with Gasteiger partial charge in [0.2, 0.25) is 0 Å². The van der Waals surface area contributed by atoms with Gasteiger partial charge in [0.1, 0.15) is 0 Å². The van der Waals surface area contributed by atoms with Crippen LogP contribution in [0.4, 0.5) is 0 Å². The van der Waals surface area contributed by atoms with Gasteiger partial charge in [0.15, 0.2) is 0 Å². The van der Waals surface area contributed by atoms with Crippen LogP contribution in [-0.4, -0.2) is 18.3 Å². The molecule has 70 valence electrons. The lowest BCUT2D eigenvalue weighted by atomic mass is 9.96. The van der Waals surface area contributed by atoms with Crippen molar-refractivity contribution in [1.82, 2.24) is 0 Å². The molecule has 1 saturated heterocycles. The second-order valence-corrected chi connectivity index (χ2v) is 3.57. The minimum absolute atomic E-state index is 0.511. The summed E-state index contributed by atoms with van der Waals surface area (Å²) in [4.78, 5) is 0. The molecule has 1 aliphatic carbocycles. The number of ether oxygens (including phenoxy) is 1. The Morgan fingerprint density at radius 3 is 2.92 bits per heavy atom. The smallest absolute Gasteiger partial charge is 0.0992 e. The highest BCUT2D eigenvalue weighted by Crippen LogP contribution is 2.24. The van der Waals surface area contributed by atoms with Gasteiger partial charge in [-0.15, -0.1) is 0 Å². The molecule has 0 bridgehead atoms. The number of aliphatic hydroxyl groups excluding tert-OH is 1. The minimum Gasteiger partial charge on any atom is -0.512 e. The highest BCUT2D eigenvalue weighted by molar-refractivity contribution is 5.29. The van der Waals surface area contributed by atoms with Crippen LogP contribution < -0.4 is 0 Å². The molecule has 2 rings (SSSR count). The normalized spacial score (nSPS) is 23.1. The zero-order chi connectivity index (χ0) is 9.10. The summed E-state index contributed by atoms with van der Waals surface area (Å²) >= 11 is 0. The van der Waals surface area contributed by atoms with Crippen LogP contribution >= 0.6 is 0 Å². The van der Waals surface area contributed by atoms with E-state index in [0.29, 0.717) is 18.1 Å². The van der Waals surface area contributed by atoms with E-state index in [9.17, 15) is 5.11 Å². The van der Waals surface area contributed by atoms with Crippen molar-refractivity contribution in [2.45, 2.75) is 12.8 Å². The van der Waals surface area contributed by atoms with Crippen LogP contribution in [-0.2, 0) is 4.74 Å². The van der Waals surface area contributed by atoms with Crippen LogP contribution in [0, 0.1) is 5.92 Å². The molecule has 13 heavy (non-hydrogen) atoms. The first-order valence-electron chi connectivity index (χ1n) is 4.68. The second kappa shape index (κ2) is 3.79. The fraction of sp³-hybridized carbons (Fsp3) is 0.455. The van der Waals surface area contributed by atoms with Gasteiger partial charge in [-0.3, -0.25) is 0 Å². The molecule has 0 saturated carbocycles. The average molecular weight is 178 g/mol. The first kappa shape index (κ1) is 8.57. The van der Waals surface area contributed by atoms with Crippen molar-refractivity contribution in [1.29, 1.82) is 0 Å². The van der Waals surface area contributed by atoms with Crippen molar-refractivity contribution in [2.24, 2.45) is 5.92 Å². The molecule has 1 aliphatic heterocycles. The largest absolute Gasteiger partial charge is 0.512 e. The first-order valence-corrected chi connectivity index (χ1v) is 4.68. The summed E-state index contributed by atoms with van der Waals surface area (Å²) in [6.07, 6.45) is 9.53. The highest BCUT2D eigenvalue weighted by atomic mass is 16.5. The summed E-state index contributed by atoms with van der Waals surface area (Å²) in [5.41, 5.74) is 1.07. The Balaban J connectivity index is 2.02. The number of hydrogen-bond acceptors (Lipinski definition) is 2. The molecule has 0 radical (unpaired) electrons. The van der Waals surface area contributed by atoms with E-state index >= 15 is 0 Å². The van der Waals surface area contributed by atoms with Crippen LogP contribution in [0.2, 0.25) is 0 Å². The summed E-state index contributed by atoms with van der Waals surface area (Å²) in [6.45, 7) is 1.69. The molecule has 0 unspecified atom stereocenters. The maximum atomic E-state index is 9.65. The monoisotopic (exact) mass is 178 g/mol. The number of aliphatic hydroxyl groups is 1. The van der Waals surface area contributed by atoms with Crippen LogP contribution in [0.5, 0.6) is 0 Å². The maximum Gasteiger partial charge on any atom is 0.0992 e. The molecular weight excluding hydrogens is 164 g/mol. The molecule has 2 nitrogen and oxygen atoms in total. The molecule has 2 heteroatoms. The molecule has 0 aromatic carbocycles. The van der Waals surface area contributed by atoms with E-state index in [1.807, 2.05) is 24.3 Å². The van der Waals surface area contributed by atoms with Gasteiger partial charge in [-0.1, -0.05) is 24.3 Å². The van der Waals surface area contributed by atoms with Crippen molar-refractivity contribution in [3.63, 3.8) is 0 Å². The third-order valence-electron chi connectivity index (χ3n) is 2.44. The Bertz CT molecular complexity index is 270. The van der Waals surface area contributed by atoms with E-state index in [0.717, 1.165) is 25.2 Å². The van der Waals surface area contributed by atoms with Gasteiger partial charge in [-0.25, -0.2) is 0 Å². The van der Waals surface area contributed by atoms with Crippen molar-refractivity contribution < 1.29 is 9.84 Å². The molecule has 1 N–H and O–H groups in total. The van der Waals surface area contributed by atoms with Crippen molar-refractivity contribution in [2.75, 3.05) is 13.2 Å². The van der Waals surface area contributed by atoms with Gasteiger partial charge in [0.25, 0.3) is 0 Å². The lowest BCUT2D eigenvalue weighted by molar-refractivity contribution is -0.0311. The zero-order valence-electron chi connectivity index (χ0n) is 7.57. The fourth-order valence-corrected chi connectivity index (χ4v) is 1.56. The van der Waals surface area contributed by atoms with E-state index in [2.05, 4.69) is 0 Å². The molecule has 0 spiro atoms. The first-order chi connectivity index (χ1) is 6.36. The lowest BCUT2D eigenvalue weighted by Gasteiger charge is -2.26. The van der Waals surface area contributed by atoms with Crippen molar-refractivity contribution in [3.05, 3.63) is 35.6 Å². The SMILES string of the molecule is OC1=C(CC2COC2)C=CC=CC1. The lowest BCUT2D eigenvalue weighted by Crippen LogP contribution is -2.27. The Morgan fingerprint density at radius 1 is 1.38 bits per heavy atom. The van der Waals surface area contributed by atoms with E-state index < -0.39 is 0 Å². The summed E-state index contributed by atoms with van der Waals surface area (Å²) in [5, 5.41) is 9.65. The van der Waals surface area contributed by atoms with Crippen LogP contribution in [0.1, 0.15) is 12.8 Å². The summed E-state index contributed by atoms with van der Waals surface area (Å²) < 4.78 is 5.10. The molecule has 0 aromatic rings. The highest BCUT2D eigenvalue weighted by Gasteiger charge is 2.20. The van der Waals surface area contributed by atoms with Crippen LogP contribution in [0.25, 0.3) is 0 Å². The van der Waals surface area contributed by atoms with E-state index in [1.54, 1.807) is 0 Å². The summed E-state index contributed by atoms with van der Waals surface area (Å²) in [7, 11) is 0. The van der Waals surface area contributed by atoms with Crippen molar-refractivity contribution in [3.8, 4) is 0 Å². The predicted octanol–water partition coefficient (Wildman–Crippen LogP) is 2.35. The van der Waals surface area contributed by atoms with Crippen LogP contribution in [0.15, 0.2) is 35.6 Å². The zero-order valence-corrected chi connectivity index (χ0v) is 7.57. The third-order valence-corrected chi connectivity index (χ3v) is 2.44. The molecule has 2 aliphatic rings. The Kier molecular flexibility index (Phi) is 2.50. The molecule has 0 amide bonds. The topological polar surface area (TPSA) is 29.5 Å². The number of allylic oxidation sites excluding steroid dienone is 5. The Hall–Kier alpha value is -1.02. The van der Waals surface area contributed by atoms with Gasteiger partial charge < -0.3 is 9.84 Å². The molecule has 0 atom stereocenters. The summed E-state index contributed by atoms with van der Waals surface area (Å²) in [5.74, 6) is 1.12. The predicted molar refractivity (Wildman–Crippen MR) is 51.5 cm³/mol. The second-order valence-electron chi connectivity index (χ2n) is 3.57. The minimum atomic E-state index is 0.511. The third kappa shape index (κ3) is 2.01. The van der Waals surface area contributed by atoms with Gasteiger partial charge >= 0.3 is 0 Å². The van der Waals surface area contributed by atoms with Gasteiger partial charge in [0.05, 0.1) is 19.0 Å². The molecule has 1 heterocycles. The molecule has 1 fully saturated rings. The van der Waals surface area contributed by atoms with Crippen LogP contribution in [0.3, 0.4) is 0 Å². The van der Waals surface area contributed by atoms with Crippen molar-refractivity contribution >= 4 is 0 Å². The average Bonchev–Trinajstić information content (AvgIpc) is 2.23. The maximum absolute atomic E-state index is 9.65. The number of rotatable bonds is 2. The fourth-order valence-electron chi connectivity index (χ4n) is 1.56. The number of hydrogen-bond donors (Lipinski definition) is 1. The molecular formula is C11H14O2. The standard InChI is InChI=1S/C11H14O2/c12-11-5-3-1-2-4-10(11)6-9-7-13-8-9/h1-4,9,12H,5-8H2. The van der Waals surface area contributed by atoms with E-state index in [4.69, 9.17) is 4.74 Å². The Labute approximate surface area is 78.2 Å². The summed E-state index contributed by atoms with van der Waals surface area (Å²) in [6, 6.07) is 0. The van der Waals surface area contributed by atoms with E-state index in [1.165, 1.54) is 0 Å². The molecule has 0 aromatic heterocycles. The van der Waals surface area contributed by atoms with Gasteiger partial charge in [-0.05, 0) is 12.0 Å². The Morgan fingerprint density at radius 2 is 2.23 bits per heavy atom. The van der Waals surface area contributed by atoms with E-state index in [-0.39, 0.29) is 0 Å².